The first-order valence-electron chi connectivity index (χ1n) is 9.83. The van der Waals surface area contributed by atoms with Gasteiger partial charge in [-0.05, 0) is 69.4 Å². The Bertz CT molecular complexity index is 1110. The van der Waals surface area contributed by atoms with E-state index in [1.807, 2.05) is 51.0 Å². The molecule has 0 bridgehead atoms. The molecule has 0 spiro atoms. The first-order valence-corrected chi connectivity index (χ1v) is 10.2. The van der Waals surface area contributed by atoms with Crippen LogP contribution >= 0.6 is 11.6 Å². The Labute approximate surface area is 181 Å². The second-order valence-electron chi connectivity index (χ2n) is 7.77. The fourth-order valence-electron chi connectivity index (χ4n) is 3.25. The summed E-state index contributed by atoms with van der Waals surface area (Å²) in [5.74, 6) is 0. The number of fused-ring (bicyclic) bond motifs is 1. The van der Waals surface area contributed by atoms with Crippen LogP contribution in [0, 0.1) is 13.8 Å². The van der Waals surface area contributed by atoms with E-state index in [2.05, 4.69) is 10.3 Å². The number of nitrogens with zero attached hydrogens (tertiary/aromatic N) is 2. The van der Waals surface area contributed by atoms with Gasteiger partial charge in [0.05, 0.1) is 12.1 Å². The van der Waals surface area contributed by atoms with Crippen molar-refractivity contribution in [1.82, 2.24) is 14.8 Å². The Hall–Kier alpha value is -2.83. The van der Waals surface area contributed by atoms with Gasteiger partial charge in [0.15, 0.2) is 0 Å². The number of hydrogen-bond donors (Lipinski definition) is 2. The SMILES string of the molecule is Cc1ccc(C)c2[nH]c(=O)c(CN(CCN(C)C)C(=O)Nc3ccc(Cl)cc3)cc12. The van der Waals surface area contributed by atoms with Gasteiger partial charge in [-0.2, -0.15) is 0 Å². The van der Waals surface area contributed by atoms with E-state index >= 15 is 0 Å². The van der Waals surface area contributed by atoms with Crippen molar-refractivity contribution in [3.8, 4) is 0 Å². The molecule has 3 aromatic rings. The van der Waals surface area contributed by atoms with Crippen LogP contribution < -0.4 is 10.9 Å². The molecule has 1 heterocycles. The average molecular weight is 427 g/mol. The Morgan fingerprint density at radius 3 is 2.37 bits per heavy atom. The molecule has 2 aromatic carbocycles. The van der Waals surface area contributed by atoms with Crippen molar-refractivity contribution in [3.63, 3.8) is 0 Å². The lowest BCUT2D eigenvalue weighted by molar-refractivity contribution is 0.202. The van der Waals surface area contributed by atoms with Crippen LogP contribution in [0.1, 0.15) is 16.7 Å². The van der Waals surface area contributed by atoms with Crippen molar-refractivity contribution in [2.24, 2.45) is 0 Å². The molecular formula is C23H27ClN4O2. The number of halogens is 1. The van der Waals surface area contributed by atoms with Crippen LogP contribution in [-0.2, 0) is 6.54 Å². The van der Waals surface area contributed by atoms with E-state index in [0.29, 0.717) is 29.4 Å². The maximum atomic E-state index is 13.0. The Balaban J connectivity index is 1.89. The van der Waals surface area contributed by atoms with Gasteiger partial charge in [-0.15, -0.1) is 0 Å². The van der Waals surface area contributed by atoms with E-state index in [9.17, 15) is 9.59 Å². The number of likely N-dealkylation sites (N-methyl/N-ethyl adjacent to an activating group) is 1. The monoisotopic (exact) mass is 426 g/mol. The number of aromatic nitrogens is 1. The fourth-order valence-corrected chi connectivity index (χ4v) is 3.38. The molecule has 0 aliphatic carbocycles. The molecule has 6 nitrogen and oxygen atoms in total. The summed E-state index contributed by atoms with van der Waals surface area (Å²) in [6.45, 7) is 5.36. The number of amides is 2. The second kappa shape index (κ2) is 9.32. The van der Waals surface area contributed by atoms with E-state index < -0.39 is 0 Å². The van der Waals surface area contributed by atoms with Crippen LogP contribution in [0.4, 0.5) is 10.5 Å². The topological polar surface area (TPSA) is 68.4 Å². The molecule has 30 heavy (non-hydrogen) atoms. The number of rotatable bonds is 6. The summed E-state index contributed by atoms with van der Waals surface area (Å²) in [5, 5.41) is 4.49. The van der Waals surface area contributed by atoms with E-state index in [-0.39, 0.29) is 18.1 Å². The third-order valence-corrected chi connectivity index (χ3v) is 5.33. The highest BCUT2D eigenvalue weighted by atomic mass is 35.5. The zero-order valence-electron chi connectivity index (χ0n) is 17.8. The normalized spacial score (nSPS) is 11.1. The Morgan fingerprint density at radius 1 is 1.03 bits per heavy atom. The Kier molecular flexibility index (Phi) is 6.80. The summed E-state index contributed by atoms with van der Waals surface area (Å²) in [6.07, 6.45) is 0. The fraction of sp³-hybridized carbons (Fsp3) is 0.304. The van der Waals surface area contributed by atoms with Crippen LogP contribution in [0.3, 0.4) is 0 Å². The van der Waals surface area contributed by atoms with E-state index in [4.69, 9.17) is 11.6 Å². The molecule has 0 aliphatic rings. The van der Waals surface area contributed by atoms with Gasteiger partial charge in [0, 0.05) is 34.7 Å². The minimum absolute atomic E-state index is 0.176. The minimum atomic E-state index is -0.264. The van der Waals surface area contributed by atoms with Gasteiger partial charge in [-0.1, -0.05) is 23.7 Å². The Morgan fingerprint density at radius 2 is 1.70 bits per heavy atom. The first-order chi connectivity index (χ1) is 14.2. The number of nitrogens with one attached hydrogen (secondary N) is 2. The summed E-state index contributed by atoms with van der Waals surface area (Å²) in [6, 6.07) is 12.6. The summed E-state index contributed by atoms with van der Waals surface area (Å²) in [4.78, 5) is 32.4. The molecule has 0 unspecified atom stereocenters. The van der Waals surface area contributed by atoms with Crippen molar-refractivity contribution in [1.29, 1.82) is 0 Å². The molecular weight excluding hydrogens is 400 g/mol. The first kappa shape index (κ1) is 21.9. The lowest BCUT2D eigenvalue weighted by Crippen LogP contribution is -2.40. The van der Waals surface area contributed by atoms with Crippen LogP contribution in [0.15, 0.2) is 47.3 Å². The molecule has 0 saturated heterocycles. The number of urea groups is 1. The molecule has 1 aromatic heterocycles. The zero-order chi connectivity index (χ0) is 21.8. The minimum Gasteiger partial charge on any atom is -0.321 e. The van der Waals surface area contributed by atoms with Gasteiger partial charge >= 0.3 is 6.03 Å². The van der Waals surface area contributed by atoms with Crippen molar-refractivity contribution < 1.29 is 4.79 Å². The molecule has 0 radical (unpaired) electrons. The van der Waals surface area contributed by atoms with Gasteiger partial charge in [0.2, 0.25) is 0 Å². The number of hydrogen-bond acceptors (Lipinski definition) is 3. The van der Waals surface area contributed by atoms with Crippen molar-refractivity contribution >= 4 is 34.2 Å². The zero-order valence-corrected chi connectivity index (χ0v) is 18.5. The second-order valence-corrected chi connectivity index (χ2v) is 8.21. The van der Waals surface area contributed by atoms with Gasteiger partial charge in [0.1, 0.15) is 0 Å². The number of carbonyl (C=O) groups excluding carboxylic acids is 1. The van der Waals surface area contributed by atoms with E-state index in [1.165, 1.54) is 0 Å². The number of pyridine rings is 1. The van der Waals surface area contributed by atoms with Crippen molar-refractivity contribution in [3.05, 3.63) is 74.5 Å². The third kappa shape index (κ3) is 5.20. The number of H-pyrrole nitrogens is 1. The van der Waals surface area contributed by atoms with E-state index in [0.717, 1.165) is 22.0 Å². The molecule has 0 aliphatic heterocycles. The summed E-state index contributed by atoms with van der Waals surface area (Å²) >= 11 is 5.92. The molecule has 7 heteroatoms. The van der Waals surface area contributed by atoms with Gasteiger partial charge in [0.25, 0.3) is 5.56 Å². The molecule has 2 amide bonds. The summed E-state index contributed by atoms with van der Waals surface area (Å²) < 4.78 is 0. The molecule has 0 atom stereocenters. The van der Waals surface area contributed by atoms with Crippen molar-refractivity contribution in [2.45, 2.75) is 20.4 Å². The number of aromatic amines is 1. The van der Waals surface area contributed by atoms with E-state index in [1.54, 1.807) is 29.2 Å². The number of benzene rings is 2. The molecule has 0 saturated carbocycles. The molecule has 2 N–H and O–H groups in total. The summed E-state index contributed by atoms with van der Waals surface area (Å²) in [7, 11) is 3.90. The number of carbonyl (C=O) groups is 1. The van der Waals surface area contributed by atoms with Crippen LogP contribution in [0.25, 0.3) is 10.9 Å². The van der Waals surface area contributed by atoms with Crippen molar-refractivity contribution in [2.75, 3.05) is 32.5 Å². The van der Waals surface area contributed by atoms with Gasteiger partial charge in [-0.3, -0.25) is 4.79 Å². The highest BCUT2D eigenvalue weighted by Crippen LogP contribution is 2.20. The predicted molar refractivity (Wildman–Crippen MR) is 123 cm³/mol. The predicted octanol–water partition coefficient (Wildman–Crippen LogP) is 4.39. The molecule has 3 rings (SSSR count). The van der Waals surface area contributed by atoms with Crippen LogP contribution in [-0.4, -0.2) is 48.0 Å². The summed E-state index contributed by atoms with van der Waals surface area (Å²) in [5.41, 5.74) is 3.97. The highest BCUT2D eigenvalue weighted by Gasteiger charge is 2.17. The lowest BCUT2D eigenvalue weighted by Gasteiger charge is -2.25. The third-order valence-electron chi connectivity index (χ3n) is 5.08. The van der Waals surface area contributed by atoms with Gasteiger partial charge in [-0.25, -0.2) is 4.79 Å². The van der Waals surface area contributed by atoms with Gasteiger partial charge < -0.3 is 20.1 Å². The smallest absolute Gasteiger partial charge is 0.321 e. The lowest BCUT2D eigenvalue weighted by atomic mass is 10.0. The maximum absolute atomic E-state index is 13.0. The molecule has 158 valence electrons. The van der Waals surface area contributed by atoms with Crippen LogP contribution in [0.2, 0.25) is 5.02 Å². The average Bonchev–Trinajstić information content (AvgIpc) is 2.70. The standard InChI is InChI=1S/C23H27ClN4O2/c1-15-5-6-16(2)21-20(15)13-17(22(29)26-21)14-28(12-11-27(3)4)23(30)25-19-9-7-18(24)8-10-19/h5-10,13H,11-12,14H2,1-4H3,(H,25,30)(H,26,29). The van der Waals surface area contributed by atoms with Crippen LogP contribution in [0.5, 0.6) is 0 Å². The molecule has 0 fully saturated rings. The number of anilines is 1. The quantitative estimate of drug-likeness (QED) is 0.614. The largest absolute Gasteiger partial charge is 0.322 e. The maximum Gasteiger partial charge on any atom is 0.322 e. The number of aryl methyl sites for hydroxylation is 2. The highest BCUT2D eigenvalue weighted by molar-refractivity contribution is 6.30.